The van der Waals surface area contributed by atoms with Gasteiger partial charge in [-0.05, 0) is 29.8 Å². The van der Waals surface area contributed by atoms with Crippen molar-refractivity contribution >= 4 is 21.6 Å². The minimum absolute atomic E-state index is 0.218. The second-order valence-corrected chi connectivity index (χ2v) is 5.18. The van der Waals surface area contributed by atoms with Crippen molar-refractivity contribution in [2.45, 2.75) is 12.3 Å². The molecule has 0 radical (unpaired) electrons. The standard InChI is InChI=1S/C14H11BrF3NO/c15-8-5-6-12(19)10(7-8)13(20)9-3-1-2-4-11(9)14(16,17)18/h1-7,13,20H,19H2. The van der Waals surface area contributed by atoms with Gasteiger partial charge in [-0.1, -0.05) is 34.1 Å². The smallest absolute Gasteiger partial charge is 0.398 e. The molecule has 2 aromatic rings. The monoisotopic (exact) mass is 345 g/mol. The van der Waals surface area contributed by atoms with E-state index in [2.05, 4.69) is 15.9 Å². The Kier molecular flexibility index (Phi) is 4.06. The van der Waals surface area contributed by atoms with E-state index in [0.717, 1.165) is 6.07 Å². The van der Waals surface area contributed by atoms with Gasteiger partial charge < -0.3 is 10.8 Å². The van der Waals surface area contributed by atoms with Crippen LogP contribution in [0.5, 0.6) is 0 Å². The van der Waals surface area contributed by atoms with Crippen molar-refractivity contribution in [3.8, 4) is 0 Å². The Hall–Kier alpha value is -1.53. The minimum atomic E-state index is -4.53. The number of nitrogen functional groups attached to an aromatic ring is 1. The summed E-state index contributed by atoms with van der Waals surface area (Å²) < 4.78 is 39.5. The fraction of sp³-hybridized carbons (Fsp3) is 0.143. The van der Waals surface area contributed by atoms with Crippen molar-refractivity contribution < 1.29 is 18.3 Å². The van der Waals surface area contributed by atoms with E-state index in [1.54, 1.807) is 6.07 Å². The lowest BCUT2D eigenvalue weighted by Gasteiger charge is -2.19. The van der Waals surface area contributed by atoms with Crippen LogP contribution in [0.2, 0.25) is 0 Å². The van der Waals surface area contributed by atoms with Gasteiger partial charge in [0.25, 0.3) is 0 Å². The van der Waals surface area contributed by atoms with E-state index in [1.165, 1.54) is 30.3 Å². The number of halogens is 4. The normalized spacial score (nSPS) is 13.2. The van der Waals surface area contributed by atoms with Crippen molar-refractivity contribution in [1.29, 1.82) is 0 Å². The largest absolute Gasteiger partial charge is 0.416 e. The number of alkyl halides is 3. The highest BCUT2D eigenvalue weighted by Crippen LogP contribution is 2.38. The molecule has 0 aromatic heterocycles. The maximum atomic E-state index is 13.0. The van der Waals surface area contributed by atoms with E-state index in [4.69, 9.17) is 5.73 Å². The van der Waals surface area contributed by atoms with Gasteiger partial charge in [0.05, 0.1) is 5.56 Å². The summed E-state index contributed by atoms with van der Waals surface area (Å²) in [7, 11) is 0. The van der Waals surface area contributed by atoms with Crippen LogP contribution in [-0.2, 0) is 6.18 Å². The molecular weight excluding hydrogens is 335 g/mol. The number of hydrogen-bond donors (Lipinski definition) is 2. The molecule has 0 amide bonds. The second kappa shape index (κ2) is 5.46. The molecule has 0 aliphatic carbocycles. The van der Waals surface area contributed by atoms with Gasteiger partial charge in [0.1, 0.15) is 6.10 Å². The van der Waals surface area contributed by atoms with Crippen LogP contribution < -0.4 is 5.73 Å². The number of benzene rings is 2. The van der Waals surface area contributed by atoms with Crippen molar-refractivity contribution in [3.05, 3.63) is 63.6 Å². The van der Waals surface area contributed by atoms with Gasteiger partial charge in [0, 0.05) is 15.7 Å². The third-order valence-electron chi connectivity index (χ3n) is 2.90. The summed E-state index contributed by atoms with van der Waals surface area (Å²) in [6, 6.07) is 9.60. The van der Waals surface area contributed by atoms with Gasteiger partial charge in [-0.15, -0.1) is 0 Å². The van der Waals surface area contributed by atoms with Crippen LogP contribution >= 0.6 is 15.9 Å². The van der Waals surface area contributed by atoms with Crippen LogP contribution in [-0.4, -0.2) is 5.11 Å². The lowest BCUT2D eigenvalue weighted by Crippen LogP contribution is -2.13. The predicted octanol–water partition coefficient (Wildman–Crippen LogP) is 4.13. The Morgan fingerprint density at radius 1 is 1.05 bits per heavy atom. The van der Waals surface area contributed by atoms with Crippen LogP contribution in [0.25, 0.3) is 0 Å². The van der Waals surface area contributed by atoms with Gasteiger partial charge in [0.2, 0.25) is 0 Å². The van der Waals surface area contributed by atoms with E-state index in [9.17, 15) is 18.3 Å². The molecule has 20 heavy (non-hydrogen) atoms. The Morgan fingerprint density at radius 2 is 1.70 bits per heavy atom. The molecule has 2 rings (SSSR count). The number of aliphatic hydroxyl groups is 1. The van der Waals surface area contributed by atoms with E-state index in [0.29, 0.717) is 4.47 Å². The first-order valence-corrected chi connectivity index (χ1v) is 6.49. The van der Waals surface area contributed by atoms with E-state index < -0.39 is 17.8 Å². The predicted molar refractivity (Wildman–Crippen MR) is 74.1 cm³/mol. The number of nitrogens with two attached hydrogens (primary N) is 1. The Balaban J connectivity index is 2.54. The summed E-state index contributed by atoms with van der Waals surface area (Å²) in [5.74, 6) is 0. The zero-order valence-corrected chi connectivity index (χ0v) is 11.7. The average molecular weight is 346 g/mol. The van der Waals surface area contributed by atoms with Crippen molar-refractivity contribution in [2.24, 2.45) is 0 Å². The molecule has 1 unspecified atom stereocenters. The molecule has 2 nitrogen and oxygen atoms in total. The molecule has 0 saturated carbocycles. The molecule has 0 spiro atoms. The Labute approximate surface area is 122 Å². The second-order valence-electron chi connectivity index (χ2n) is 4.26. The van der Waals surface area contributed by atoms with Gasteiger partial charge in [-0.25, -0.2) is 0 Å². The molecular formula is C14H11BrF3NO. The first-order chi connectivity index (χ1) is 9.30. The van der Waals surface area contributed by atoms with Crippen LogP contribution in [0.4, 0.5) is 18.9 Å². The van der Waals surface area contributed by atoms with Crippen molar-refractivity contribution in [3.63, 3.8) is 0 Å². The molecule has 0 heterocycles. The zero-order valence-electron chi connectivity index (χ0n) is 10.2. The molecule has 0 aliphatic heterocycles. The van der Waals surface area contributed by atoms with Crippen LogP contribution in [0.1, 0.15) is 22.8 Å². The van der Waals surface area contributed by atoms with Gasteiger partial charge in [-0.2, -0.15) is 13.2 Å². The molecule has 0 fully saturated rings. The van der Waals surface area contributed by atoms with E-state index >= 15 is 0 Å². The number of anilines is 1. The fourth-order valence-corrected chi connectivity index (χ4v) is 2.32. The highest BCUT2D eigenvalue weighted by atomic mass is 79.9. The summed E-state index contributed by atoms with van der Waals surface area (Å²) in [6.07, 6.45) is -5.97. The number of aliphatic hydroxyl groups excluding tert-OH is 1. The molecule has 1 atom stereocenters. The zero-order chi connectivity index (χ0) is 14.9. The van der Waals surface area contributed by atoms with Gasteiger partial charge in [-0.3, -0.25) is 0 Å². The molecule has 106 valence electrons. The van der Waals surface area contributed by atoms with Gasteiger partial charge >= 0.3 is 6.18 Å². The quantitative estimate of drug-likeness (QED) is 0.804. The first-order valence-electron chi connectivity index (χ1n) is 5.70. The first kappa shape index (κ1) is 14.9. The third-order valence-corrected chi connectivity index (χ3v) is 3.40. The SMILES string of the molecule is Nc1ccc(Br)cc1C(O)c1ccccc1C(F)(F)F. The van der Waals surface area contributed by atoms with Crippen LogP contribution in [0.15, 0.2) is 46.9 Å². The molecule has 0 saturated heterocycles. The maximum absolute atomic E-state index is 13.0. The molecule has 6 heteroatoms. The topological polar surface area (TPSA) is 46.2 Å². The molecule has 2 aromatic carbocycles. The minimum Gasteiger partial charge on any atom is -0.398 e. The van der Waals surface area contributed by atoms with Crippen LogP contribution in [0.3, 0.4) is 0 Å². The lowest BCUT2D eigenvalue weighted by molar-refractivity contribution is -0.139. The third kappa shape index (κ3) is 2.96. The summed E-state index contributed by atoms with van der Waals surface area (Å²) in [4.78, 5) is 0. The Bertz CT molecular complexity index is 628. The summed E-state index contributed by atoms with van der Waals surface area (Å²) in [6.45, 7) is 0. The lowest BCUT2D eigenvalue weighted by atomic mass is 9.95. The maximum Gasteiger partial charge on any atom is 0.416 e. The van der Waals surface area contributed by atoms with E-state index in [-0.39, 0.29) is 16.8 Å². The molecule has 0 aliphatic rings. The van der Waals surface area contributed by atoms with Crippen molar-refractivity contribution in [1.82, 2.24) is 0 Å². The Morgan fingerprint density at radius 3 is 2.35 bits per heavy atom. The highest BCUT2D eigenvalue weighted by molar-refractivity contribution is 9.10. The number of rotatable bonds is 2. The average Bonchev–Trinajstić information content (AvgIpc) is 2.40. The number of hydrogen-bond acceptors (Lipinski definition) is 2. The van der Waals surface area contributed by atoms with Gasteiger partial charge in [0.15, 0.2) is 0 Å². The van der Waals surface area contributed by atoms with Crippen LogP contribution in [0, 0.1) is 0 Å². The molecule has 3 N–H and O–H groups in total. The summed E-state index contributed by atoms with van der Waals surface area (Å²) >= 11 is 3.21. The van der Waals surface area contributed by atoms with E-state index in [1.807, 2.05) is 0 Å². The summed E-state index contributed by atoms with van der Waals surface area (Å²) in [5, 5.41) is 10.2. The fourth-order valence-electron chi connectivity index (χ4n) is 1.94. The summed E-state index contributed by atoms with van der Waals surface area (Å²) in [5.41, 5.74) is 5.10. The molecule has 0 bridgehead atoms. The highest BCUT2D eigenvalue weighted by Gasteiger charge is 2.35. The van der Waals surface area contributed by atoms with Crippen molar-refractivity contribution in [2.75, 3.05) is 5.73 Å².